The number of benzene rings is 1. The van der Waals surface area contributed by atoms with E-state index in [1.165, 1.54) is 0 Å². The Labute approximate surface area is 141 Å². The minimum absolute atomic E-state index is 0.158. The maximum absolute atomic E-state index is 11.9. The van der Waals surface area contributed by atoms with Crippen LogP contribution in [-0.4, -0.2) is 37.7 Å². The van der Waals surface area contributed by atoms with Crippen molar-refractivity contribution >= 4 is 11.7 Å². The Hall–Kier alpha value is -3.02. The summed E-state index contributed by atoms with van der Waals surface area (Å²) in [5.74, 6) is 2.02. The Morgan fingerprint density at radius 1 is 1.25 bits per heavy atom. The summed E-state index contributed by atoms with van der Waals surface area (Å²) in [5, 5.41) is 5.85. The summed E-state index contributed by atoms with van der Waals surface area (Å²) in [6, 6.07) is 10.7. The largest absolute Gasteiger partial charge is 0.497 e. The predicted molar refractivity (Wildman–Crippen MR) is 93.7 cm³/mol. The summed E-state index contributed by atoms with van der Waals surface area (Å²) in [6.07, 6.45) is 3.23. The number of carbonyl (C=O) groups is 1. The number of aromatic nitrogens is 1. The van der Waals surface area contributed by atoms with Gasteiger partial charge in [0, 0.05) is 18.3 Å². The number of amides is 1. The van der Waals surface area contributed by atoms with Crippen LogP contribution >= 0.6 is 0 Å². The monoisotopic (exact) mass is 327 g/mol. The standard InChI is InChI=1S/C18H21N3O3/c1-3-9-21-18(22)14-8-10-19-17(13-14)20-11-12-24-16-6-4-15(23-2)5-7-16/h3-8,10,13H,1,9,11-12H2,2H3,(H,19,20)(H,21,22). The van der Waals surface area contributed by atoms with Crippen LogP contribution in [0.15, 0.2) is 55.3 Å². The molecule has 0 bridgehead atoms. The van der Waals surface area contributed by atoms with E-state index in [4.69, 9.17) is 9.47 Å². The van der Waals surface area contributed by atoms with Gasteiger partial charge in [-0.25, -0.2) is 4.98 Å². The lowest BCUT2D eigenvalue weighted by molar-refractivity contribution is 0.0958. The Bertz CT molecular complexity index is 671. The van der Waals surface area contributed by atoms with Crippen molar-refractivity contribution in [1.82, 2.24) is 10.3 Å². The molecule has 0 saturated carbocycles. The summed E-state index contributed by atoms with van der Waals surface area (Å²) in [7, 11) is 1.62. The van der Waals surface area contributed by atoms with E-state index in [0.29, 0.717) is 31.1 Å². The van der Waals surface area contributed by atoms with Gasteiger partial charge >= 0.3 is 0 Å². The molecule has 0 saturated heterocycles. The third kappa shape index (κ3) is 5.31. The van der Waals surface area contributed by atoms with Gasteiger partial charge in [-0.2, -0.15) is 0 Å². The predicted octanol–water partition coefficient (Wildman–Crippen LogP) is 2.50. The fourth-order valence-corrected chi connectivity index (χ4v) is 1.96. The van der Waals surface area contributed by atoms with Crippen LogP contribution < -0.4 is 20.1 Å². The van der Waals surface area contributed by atoms with E-state index in [0.717, 1.165) is 11.5 Å². The lowest BCUT2D eigenvalue weighted by atomic mass is 10.2. The van der Waals surface area contributed by atoms with Crippen LogP contribution in [0.25, 0.3) is 0 Å². The summed E-state index contributed by atoms with van der Waals surface area (Å²) < 4.78 is 10.7. The van der Waals surface area contributed by atoms with Gasteiger partial charge in [-0.3, -0.25) is 4.79 Å². The molecule has 6 heteroatoms. The van der Waals surface area contributed by atoms with Crippen LogP contribution in [0.3, 0.4) is 0 Å². The molecular weight excluding hydrogens is 306 g/mol. The molecule has 1 amide bonds. The van der Waals surface area contributed by atoms with Crippen molar-refractivity contribution in [2.24, 2.45) is 0 Å². The van der Waals surface area contributed by atoms with E-state index in [2.05, 4.69) is 22.2 Å². The zero-order valence-corrected chi connectivity index (χ0v) is 13.6. The van der Waals surface area contributed by atoms with Gasteiger partial charge in [0.25, 0.3) is 5.91 Å². The van der Waals surface area contributed by atoms with Crippen molar-refractivity contribution in [1.29, 1.82) is 0 Å². The number of hydrogen-bond donors (Lipinski definition) is 2. The first-order valence-electron chi connectivity index (χ1n) is 7.59. The molecule has 0 unspecified atom stereocenters. The normalized spacial score (nSPS) is 9.88. The van der Waals surface area contributed by atoms with E-state index in [1.807, 2.05) is 24.3 Å². The minimum atomic E-state index is -0.158. The molecule has 0 aliphatic heterocycles. The Kier molecular flexibility index (Phi) is 6.64. The van der Waals surface area contributed by atoms with Crippen molar-refractivity contribution in [2.45, 2.75) is 0 Å². The number of rotatable bonds is 9. The number of pyridine rings is 1. The SMILES string of the molecule is C=CCNC(=O)c1ccnc(NCCOc2ccc(OC)cc2)c1. The highest BCUT2D eigenvalue weighted by molar-refractivity contribution is 5.94. The molecule has 1 heterocycles. The van der Waals surface area contributed by atoms with Crippen LogP contribution in [0.5, 0.6) is 11.5 Å². The number of ether oxygens (including phenoxy) is 2. The van der Waals surface area contributed by atoms with E-state index in [1.54, 1.807) is 31.5 Å². The average Bonchev–Trinajstić information content (AvgIpc) is 2.64. The molecule has 2 N–H and O–H groups in total. The second-order valence-electron chi connectivity index (χ2n) is 4.88. The molecule has 2 aromatic rings. The Morgan fingerprint density at radius 2 is 2.00 bits per heavy atom. The average molecular weight is 327 g/mol. The summed E-state index contributed by atoms with van der Waals surface area (Å²) in [5.41, 5.74) is 0.547. The zero-order valence-electron chi connectivity index (χ0n) is 13.6. The van der Waals surface area contributed by atoms with Gasteiger partial charge in [0.15, 0.2) is 0 Å². The summed E-state index contributed by atoms with van der Waals surface area (Å²) >= 11 is 0. The first kappa shape index (κ1) is 17.3. The molecule has 0 aliphatic rings. The van der Waals surface area contributed by atoms with Crippen molar-refractivity contribution < 1.29 is 14.3 Å². The van der Waals surface area contributed by atoms with Crippen molar-refractivity contribution in [2.75, 3.05) is 32.1 Å². The van der Waals surface area contributed by atoms with Gasteiger partial charge in [-0.1, -0.05) is 6.08 Å². The molecule has 1 aromatic carbocycles. The minimum Gasteiger partial charge on any atom is -0.497 e. The molecular formula is C18H21N3O3. The van der Waals surface area contributed by atoms with Crippen LogP contribution in [0.2, 0.25) is 0 Å². The highest BCUT2D eigenvalue weighted by atomic mass is 16.5. The van der Waals surface area contributed by atoms with Gasteiger partial charge in [0.05, 0.1) is 13.7 Å². The summed E-state index contributed by atoms with van der Waals surface area (Å²) in [6.45, 7) is 5.04. The lowest BCUT2D eigenvalue weighted by Gasteiger charge is -2.09. The molecule has 0 radical (unpaired) electrons. The topological polar surface area (TPSA) is 72.5 Å². The first-order valence-corrected chi connectivity index (χ1v) is 7.59. The van der Waals surface area contributed by atoms with Gasteiger partial charge in [-0.05, 0) is 36.4 Å². The fourth-order valence-electron chi connectivity index (χ4n) is 1.96. The highest BCUT2D eigenvalue weighted by Gasteiger charge is 2.05. The molecule has 2 rings (SSSR count). The first-order chi connectivity index (χ1) is 11.7. The number of nitrogens with one attached hydrogen (secondary N) is 2. The third-order valence-corrected chi connectivity index (χ3v) is 3.17. The fraction of sp³-hybridized carbons (Fsp3) is 0.222. The smallest absolute Gasteiger partial charge is 0.251 e. The van der Waals surface area contributed by atoms with Gasteiger partial charge in [-0.15, -0.1) is 6.58 Å². The van der Waals surface area contributed by atoms with Crippen molar-refractivity contribution in [3.63, 3.8) is 0 Å². The molecule has 0 fully saturated rings. The van der Waals surface area contributed by atoms with E-state index >= 15 is 0 Å². The quantitative estimate of drug-likeness (QED) is 0.547. The summed E-state index contributed by atoms with van der Waals surface area (Å²) in [4.78, 5) is 16.1. The molecule has 6 nitrogen and oxygen atoms in total. The highest BCUT2D eigenvalue weighted by Crippen LogP contribution is 2.16. The molecule has 126 valence electrons. The number of methoxy groups -OCH3 is 1. The van der Waals surface area contributed by atoms with Gasteiger partial charge < -0.3 is 20.1 Å². The van der Waals surface area contributed by atoms with Gasteiger partial charge in [0.1, 0.15) is 23.9 Å². The maximum atomic E-state index is 11.9. The van der Waals surface area contributed by atoms with E-state index in [-0.39, 0.29) is 5.91 Å². The number of carbonyl (C=O) groups excluding carboxylic acids is 1. The lowest BCUT2D eigenvalue weighted by Crippen LogP contribution is -2.23. The maximum Gasteiger partial charge on any atom is 0.251 e. The second kappa shape index (κ2) is 9.19. The molecule has 0 atom stereocenters. The molecule has 0 spiro atoms. The van der Waals surface area contributed by atoms with Crippen LogP contribution in [0.1, 0.15) is 10.4 Å². The third-order valence-electron chi connectivity index (χ3n) is 3.17. The molecule has 0 aliphatic carbocycles. The van der Waals surface area contributed by atoms with Crippen molar-refractivity contribution in [3.8, 4) is 11.5 Å². The van der Waals surface area contributed by atoms with Crippen LogP contribution in [-0.2, 0) is 0 Å². The number of nitrogens with zero attached hydrogens (tertiary/aromatic N) is 1. The van der Waals surface area contributed by atoms with Gasteiger partial charge in [0.2, 0.25) is 0 Å². The molecule has 24 heavy (non-hydrogen) atoms. The molecule has 1 aromatic heterocycles. The number of anilines is 1. The Balaban J connectivity index is 1.79. The zero-order chi connectivity index (χ0) is 17.2. The van der Waals surface area contributed by atoms with Crippen LogP contribution in [0.4, 0.5) is 5.82 Å². The van der Waals surface area contributed by atoms with Crippen molar-refractivity contribution in [3.05, 3.63) is 60.8 Å². The number of hydrogen-bond acceptors (Lipinski definition) is 5. The van der Waals surface area contributed by atoms with E-state index in [9.17, 15) is 4.79 Å². The van der Waals surface area contributed by atoms with E-state index < -0.39 is 0 Å². The van der Waals surface area contributed by atoms with Crippen LogP contribution in [0, 0.1) is 0 Å². The second-order valence-corrected chi connectivity index (χ2v) is 4.88. The Morgan fingerprint density at radius 3 is 2.71 bits per heavy atom.